The zero-order valence-corrected chi connectivity index (χ0v) is 11.9. The molecule has 0 aliphatic heterocycles. The number of rotatable bonds is 4. The third-order valence-corrected chi connectivity index (χ3v) is 4.98. The monoisotopic (exact) mass is 265 g/mol. The van der Waals surface area contributed by atoms with Crippen molar-refractivity contribution in [1.29, 1.82) is 0 Å². The summed E-state index contributed by atoms with van der Waals surface area (Å²) in [6.07, 6.45) is 1.98. The summed E-state index contributed by atoms with van der Waals surface area (Å²) in [5.74, 6) is 0.329. The number of fused-ring (bicyclic) bond motifs is 1. The number of aromatic nitrogens is 1. The molecule has 1 aromatic heterocycles. The molecule has 0 atom stereocenters. The molecule has 0 saturated carbocycles. The van der Waals surface area contributed by atoms with Crippen LogP contribution in [0.1, 0.15) is 25.0 Å². The third-order valence-electron chi connectivity index (χ3n) is 3.35. The Morgan fingerprint density at radius 1 is 1.22 bits per heavy atom. The van der Waals surface area contributed by atoms with Crippen LogP contribution in [0.5, 0.6) is 0 Å². The number of hydrogen-bond acceptors (Lipinski definition) is 2. The molecule has 2 rings (SSSR count). The Bertz CT molecular complexity index is 668. The smallest absolute Gasteiger partial charge is 0.154 e. The third kappa shape index (κ3) is 2.29. The van der Waals surface area contributed by atoms with Gasteiger partial charge in [0.25, 0.3) is 0 Å². The predicted octanol–water partition coefficient (Wildman–Crippen LogP) is 2.90. The molecule has 2 aromatic rings. The highest BCUT2D eigenvalue weighted by atomic mass is 32.2. The lowest BCUT2D eigenvalue weighted by Gasteiger charge is -2.02. The highest BCUT2D eigenvalue weighted by molar-refractivity contribution is 7.90. The van der Waals surface area contributed by atoms with Crippen molar-refractivity contribution >= 4 is 20.7 Å². The van der Waals surface area contributed by atoms with Crippen LogP contribution in [0.15, 0.2) is 24.4 Å². The van der Waals surface area contributed by atoms with E-state index in [-0.39, 0.29) is 11.5 Å². The highest BCUT2D eigenvalue weighted by Gasteiger charge is 2.15. The van der Waals surface area contributed by atoms with Crippen molar-refractivity contribution in [3.05, 3.63) is 35.5 Å². The van der Waals surface area contributed by atoms with Gasteiger partial charge >= 0.3 is 0 Å². The topological polar surface area (TPSA) is 39.1 Å². The predicted molar refractivity (Wildman–Crippen MR) is 75.5 cm³/mol. The molecule has 4 heteroatoms. The molecule has 98 valence electrons. The lowest BCUT2D eigenvalue weighted by atomic mass is 10.1. The van der Waals surface area contributed by atoms with Crippen molar-refractivity contribution in [2.45, 2.75) is 33.1 Å². The number of nitrogens with zero attached hydrogens (tertiary/aromatic N) is 1. The maximum absolute atomic E-state index is 11.8. The molecule has 18 heavy (non-hydrogen) atoms. The number of sulfone groups is 1. The quantitative estimate of drug-likeness (QED) is 0.852. The van der Waals surface area contributed by atoms with E-state index in [1.807, 2.05) is 31.3 Å². The largest absolute Gasteiger partial charge is 0.347 e. The van der Waals surface area contributed by atoms with Crippen molar-refractivity contribution in [1.82, 2.24) is 4.57 Å². The van der Waals surface area contributed by atoms with Gasteiger partial charge < -0.3 is 4.57 Å². The maximum atomic E-state index is 11.8. The van der Waals surface area contributed by atoms with Crippen LogP contribution < -0.4 is 0 Å². The second kappa shape index (κ2) is 4.76. The Balaban J connectivity index is 2.64. The molecular weight excluding hydrogens is 246 g/mol. The maximum Gasteiger partial charge on any atom is 0.154 e. The van der Waals surface area contributed by atoms with Crippen LogP contribution in [0.25, 0.3) is 10.9 Å². The van der Waals surface area contributed by atoms with E-state index in [2.05, 4.69) is 11.5 Å². The number of hydrogen-bond donors (Lipinski definition) is 0. The molecule has 0 N–H and O–H groups in total. The average Bonchev–Trinajstić information content (AvgIpc) is 2.68. The van der Waals surface area contributed by atoms with Gasteiger partial charge in [-0.1, -0.05) is 19.1 Å². The number of benzene rings is 1. The summed E-state index contributed by atoms with van der Waals surface area (Å²) in [5.41, 5.74) is 3.19. The van der Waals surface area contributed by atoms with Crippen LogP contribution in [0, 0.1) is 6.92 Å². The Morgan fingerprint density at radius 3 is 2.56 bits per heavy atom. The summed E-state index contributed by atoms with van der Waals surface area (Å²) in [7, 11) is -2.99. The normalized spacial score (nSPS) is 12.2. The van der Waals surface area contributed by atoms with Crippen LogP contribution in [-0.2, 0) is 22.1 Å². The Labute approximate surface area is 108 Å². The molecule has 3 nitrogen and oxygen atoms in total. The van der Waals surface area contributed by atoms with Gasteiger partial charge in [-0.15, -0.1) is 0 Å². The summed E-state index contributed by atoms with van der Waals surface area (Å²) in [5, 5.41) is 1.09. The zero-order valence-electron chi connectivity index (χ0n) is 11.1. The van der Waals surface area contributed by atoms with Crippen LogP contribution in [0.3, 0.4) is 0 Å². The molecule has 0 unspecified atom stereocenters. The Kier molecular flexibility index (Phi) is 3.48. The van der Waals surface area contributed by atoms with E-state index in [1.54, 1.807) is 6.92 Å². The Morgan fingerprint density at radius 2 is 1.94 bits per heavy atom. The van der Waals surface area contributed by atoms with E-state index in [4.69, 9.17) is 0 Å². The van der Waals surface area contributed by atoms with Crippen LogP contribution in [0.2, 0.25) is 0 Å². The van der Waals surface area contributed by atoms with E-state index in [1.165, 1.54) is 0 Å². The summed E-state index contributed by atoms with van der Waals surface area (Å²) >= 11 is 0. The minimum absolute atomic E-state index is 0.137. The summed E-state index contributed by atoms with van der Waals surface area (Å²) < 4.78 is 25.7. The molecule has 0 aliphatic carbocycles. The minimum atomic E-state index is -2.99. The van der Waals surface area contributed by atoms with Crippen molar-refractivity contribution in [2.75, 3.05) is 5.75 Å². The van der Waals surface area contributed by atoms with Crippen molar-refractivity contribution in [3.8, 4) is 0 Å². The van der Waals surface area contributed by atoms with Crippen LogP contribution in [0.4, 0.5) is 0 Å². The van der Waals surface area contributed by atoms with Gasteiger partial charge in [0.1, 0.15) is 0 Å². The fraction of sp³-hybridized carbons (Fsp3) is 0.429. The van der Waals surface area contributed by atoms with E-state index in [0.717, 1.165) is 28.6 Å². The number of aryl methyl sites for hydroxylation is 2. The molecule has 0 fully saturated rings. The molecule has 0 bridgehead atoms. The fourth-order valence-corrected chi connectivity index (χ4v) is 3.24. The molecule has 0 saturated heterocycles. The first-order chi connectivity index (χ1) is 8.48. The lowest BCUT2D eigenvalue weighted by molar-refractivity contribution is 0.596. The first-order valence-electron chi connectivity index (χ1n) is 6.26. The second-order valence-electron chi connectivity index (χ2n) is 4.59. The standard InChI is InChI=1S/C14H19NO2S/c1-4-15-9-12(10-18(16,17)5-2)14-11(3)7-6-8-13(14)15/h6-9H,4-5,10H2,1-3H3. The highest BCUT2D eigenvalue weighted by Crippen LogP contribution is 2.26. The fourth-order valence-electron chi connectivity index (χ4n) is 2.34. The van der Waals surface area contributed by atoms with Gasteiger partial charge in [0.15, 0.2) is 9.84 Å². The van der Waals surface area contributed by atoms with Gasteiger partial charge in [0, 0.05) is 29.4 Å². The molecule has 0 radical (unpaired) electrons. The first kappa shape index (κ1) is 13.1. The van der Waals surface area contributed by atoms with Crippen LogP contribution >= 0.6 is 0 Å². The average molecular weight is 265 g/mol. The van der Waals surface area contributed by atoms with Crippen molar-refractivity contribution in [2.24, 2.45) is 0 Å². The van der Waals surface area contributed by atoms with Gasteiger partial charge in [-0.3, -0.25) is 0 Å². The Hall–Kier alpha value is -1.29. The first-order valence-corrected chi connectivity index (χ1v) is 8.08. The molecule has 0 aliphatic rings. The summed E-state index contributed by atoms with van der Waals surface area (Å²) in [6.45, 7) is 6.65. The lowest BCUT2D eigenvalue weighted by Crippen LogP contribution is -2.06. The van der Waals surface area contributed by atoms with Crippen molar-refractivity contribution in [3.63, 3.8) is 0 Å². The van der Waals surface area contributed by atoms with Gasteiger partial charge in [0.2, 0.25) is 0 Å². The van der Waals surface area contributed by atoms with Gasteiger partial charge in [-0.2, -0.15) is 0 Å². The second-order valence-corrected chi connectivity index (χ2v) is 6.94. The summed E-state index contributed by atoms with van der Waals surface area (Å²) in [4.78, 5) is 0. The van der Waals surface area contributed by atoms with E-state index in [9.17, 15) is 8.42 Å². The SMILES string of the molecule is CCn1cc(CS(=O)(=O)CC)c2c(C)cccc21. The van der Waals surface area contributed by atoms with E-state index in [0.29, 0.717) is 0 Å². The minimum Gasteiger partial charge on any atom is -0.347 e. The zero-order chi connectivity index (χ0) is 13.3. The summed E-state index contributed by atoms with van der Waals surface area (Å²) in [6, 6.07) is 6.10. The molecular formula is C14H19NO2S. The van der Waals surface area contributed by atoms with Crippen LogP contribution in [-0.4, -0.2) is 18.7 Å². The molecule has 0 amide bonds. The molecule has 1 heterocycles. The molecule has 1 aromatic carbocycles. The van der Waals surface area contributed by atoms with Gasteiger partial charge in [-0.25, -0.2) is 8.42 Å². The van der Waals surface area contributed by atoms with E-state index >= 15 is 0 Å². The molecule has 0 spiro atoms. The van der Waals surface area contributed by atoms with Gasteiger partial charge in [-0.05, 0) is 31.0 Å². The van der Waals surface area contributed by atoms with E-state index < -0.39 is 9.84 Å². The van der Waals surface area contributed by atoms with Crippen molar-refractivity contribution < 1.29 is 8.42 Å². The van der Waals surface area contributed by atoms with Gasteiger partial charge in [0.05, 0.1) is 5.75 Å².